The molecule has 1 aliphatic heterocycles. The second kappa shape index (κ2) is 8.07. The average Bonchev–Trinajstić information content (AvgIpc) is 2.62. The highest BCUT2D eigenvalue weighted by atomic mass is 79.9. The van der Waals surface area contributed by atoms with Crippen molar-refractivity contribution in [2.45, 2.75) is 57.7 Å². The molecule has 29 heavy (non-hydrogen) atoms. The van der Waals surface area contributed by atoms with Gasteiger partial charge in [0.15, 0.2) is 11.6 Å². The molecule has 2 heterocycles. The van der Waals surface area contributed by atoms with E-state index in [1.807, 2.05) is 18.2 Å². The first-order valence-corrected chi connectivity index (χ1v) is 10.4. The summed E-state index contributed by atoms with van der Waals surface area (Å²) in [5.74, 6) is 0.820. The van der Waals surface area contributed by atoms with Gasteiger partial charge in [-0.15, -0.1) is 0 Å². The van der Waals surface area contributed by atoms with Crippen LogP contribution in [0.5, 0.6) is 5.75 Å². The second-order valence-corrected chi connectivity index (χ2v) is 9.65. The van der Waals surface area contributed by atoms with Gasteiger partial charge in [-0.1, -0.05) is 0 Å². The number of hydrogen-bond donors (Lipinski definition) is 2. The number of aromatic nitrogens is 2. The minimum Gasteiger partial charge on any atom is -0.496 e. The standard InChI is InChI=1S/C21H29BrFN5O/c1-20(2)10-14(11-21(3,4)28(20)5)25-18-16(23)12-24-19(27-18)26-13-7-8-17(29-6)15(22)9-13/h7-9,12,14H,10-11H2,1-6H3,(H2,24,25,26,27). The molecule has 158 valence electrons. The summed E-state index contributed by atoms with van der Waals surface area (Å²) >= 11 is 3.46. The summed E-state index contributed by atoms with van der Waals surface area (Å²) in [6.07, 6.45) is 2.98. The third-order valence-corrected chi connectivity index (χ3v) is 6.42. The molecule has 1 aliphatic rings. The number of anilines is 3. The average molecular weight is 466 g/mol. The summed E-state index contributed by atoms with van der Waals surface area (Å²) in [4.78, 5) is 10.8. The van der Waals surface area contributed by atoms with Crippen molar-refractivity contribution in [3.8, 4) is 5.75 Å². The number of nitrogens with zero attached hydrogens (tertiary/aromatic N) is 3. The smallest absolute Gasteiger partial charge is 0.229 e. The Morgan fingerprint density at radius 1 is 1.21 bits per heavy atom. The highest BCUT2D eigenvalue weighted by molar-refractivity contribution is 9.10. The molecular weight excluding hydrogens is 437 g/mol. The summed E-state index contributed by atoms with van der Waals surface area (Å²) in [7, 11) is 3.76. The molecule has 8 heteroatoms. The Labute approximate surface area is 180 Å². The van der Waals surface area contributed by atoms with E-state index in [-0.39, 0.29) is 22.9 Å². The molecule has 0 aliphatic carbocycles. The maximum atomic E-state index is 14.4. The van der Waals surface area contributed by atoms with Gasteiger partial charge in [0, 0.05) is 22.8 Å². The molecule has 0 bridgehead atoms. The van der Waals surface area contributed by atoms with Crippen LogP contribution in [0, 0.1) is 5.82 Å². The van der Waals surface area contributed by atoms with Gasteiger partial charge in [-0.2, -0.15) is 4.98 Å². The number of benzene rings is 1. The number of methoxy groups -OCH3 is 1. The van der Waals surface area contributed by atoms with Crippen molar-refractivity contribution in [3.63, 3.8) is 0 Å². The Kier molecular flexibility index (Phi) is 6.06. The number of hydrogen-bond acceptors (Lipinski definition) is 6. The minimum atomic E-state index is -0.457. The predicted octanol–water partition coefficient (Wildman–Crippen LogP) is 5.19. The lowest BCUT2D eigenvalue weighted by atomic mass is 9.77. The SMILES string of the molecule is COc1ccc(Nc2ncc(F)c(NC3CC(C)(C)N(C)C(C)(C)C3)n2)cc1Br. The van der Waals surface area contributed by atoms with Crippen LogP contribution in [0.15, 0.2) is 28.9 Å². The van der Waals surface area contributed by atoms with Crippen LogP contribution in [-0.4, -0.2) is 46.1 Å². The summed E-state index contributed by atoms with van der Waals surface area (Å²) in [6, 6.07) is 5.66. The van der Waals surface area contributed by atoms with Gasteiger partial charge in [-0.05, 0) is 81.7 Å². The Bertz CT molecular complexity index is 871. The van der Waals surface area contributed by atoms with E-state index in [4.69, 9.17) is 4.74 Å². The van der Waals surface area contributed by atoms with E-state index in [1.54, 1.807) is 7.11 Å². The van der Waals surface area contributed by atoms with Gasteiger partial charge in [0.05, 0.1) is 17.8 Å². The van der Waals surface area contributed by atoms with Gasteiger partial charge in [-0.25, -0.2) is 9.37 Å². The van der Waals surface area contributed by atoms with Crippen molar-refractivity contribution in [1.29, 1.82) is 0 Å². The van der Waals surface area contributed by atoms with Crippen molar-refractivity contribution < 1.29 is 9.13 Å². The van der Waals surface area contributed by atoms with E-state index < -0.39 is 5.82 Å². The highest BCUT2D eigenvalue weighted by Crippen LogP contribution is 2.38. The molecule has 1 saturated heterocycles. The monoisotopic (exact) mass is 465 g/mol. The normalized spacial score (nSPS) is 19.0. The third-order valence-electron chi connectivity index (χ3n) is 5.80. The van der Waals surface area contributed by atoms with Gasteiger partial charge in [0.1, 0.15) is 5.75 Å². The Morgan fingerprint density at radius 2 is 1.86 bits per heavy atom. The number of piperidine rings is 1. The van der Waals surface area contributed by atoms with Crippen molar-refractivity contribution in [1.82, 2.24) is 14.9 Å². The Hall–Kier alpha value is -1.93. The Balaban J connectivity index is 1.78. The fraction of sp³-hybridized carbons (Fsp3) is 0.524. The zero-order chi connectivity index (χ0) is 21.4. The van der Waals surface area contributed by atoms with Gasteiger partial charge in [-0.3, -0.25) is 4.90 Å². The molecule has 1 aromatic heterocycles. The number of likely N-dealkylation sites (tertiary alicyclic amines) is 1. The molecule has 0 unspecified atom stereocenters. The van der Waals surface area contributed by atoms with E-state index in [0.717, 1.165) is 28.8 Å². The minimum absolute atomic E-state index is 0.000620. The van der Waals surface area contributed by atoms with E-state index in [2.05, 4.69) is 76.2 Å². The number of ether oxygens (including phenoxy) is 1. The van der Waals surface area contributed by atoms with Gasteiger partial charge < -0.3 is 15.4 Å². The zero-order valence-electron chi connectivity index (χ0n) is 17.8. The first-order chi connectivity index (χ1) is 13.5. The summed E-state index contributed by atoms with van der Waals surface area (Å²) < 4.78 is 20.5. The fourth-order valence-corrected chi connectivity index (χ4v) is 4.61. The molecular formula is C21H29BrFN5O. The van der Waals surface area contributed by atoms with Crippen LogP contribution in [-0.2, 0) is 0 Å². The number of rotatable bonds is 5. The fourth-order valence-electron chi connectivity index (χ4n) is 4.07. The number of nitrogens with one attached hydrogen (secondary N) is 2. The highest BCUT2D eigenvalue weighted by Gasteiger charge is 2.43. The molecule has 6 nitrogen and oxygen atoms in total. The maximum Gasteiger partial charge on any atom is 0.229 e. The molecule has 0 radical (unpaired) electrons. The van der Waals surface area contributed by atoms with Crippen LogP contribution < -0.4 is 15.4 Å². The lowest BCUT2D eigenvalue weighted by Crippen LogP contribution is -2.61. The zero-order valence-corrected chi connectivity index (χ0v) is 19.4. The first-order valence-electron chi connectivity index (χ1n) is 9.65. The van der Waals surface area contributed by atoms with E-state index in [0.29, 0.717) is 5.95 Å². The largest absolute Gasteiger partial charge is 0.496 e. The number of halogens is 2. The van der Waals surface area contributed by atoms with Crippen LogP contribution in [0.25, 0.3) is 0 Å². The van der Waals surface area contributed by atoms with Crippen molar-refractivity contribution in [2.24, 2.45) is 0 Å². The maximum absolute atomic E-state index is 14.4. The van der Waals surface area contributed by atoms with Crippen molar-refractivity contribution >= 4 is 33.4 Å². The molecule has 1 fully saturated rings. The lowest BCUT2D eigenvalue weighted by Gasteiger charge is -2.53. The van der Waals surface area contributed by atoms with Gasteiger partial charge in [0.25, 0.3) is 0 Å². The third kappa shape index (κ3) is 4.80. The Morgan fingerprint density at radius 3 is 2.45 bits per heavy atom. The van der Waals surface area contributed by atoms with Crippen LogP contribution >= 0.6 is 15.9 Å². The summed E-state index contributed by atoms with van der Waals surface area (Å²) in [5.41, 5.74) is 0.774. The molecule has 3 rings (SSSR count). The summed E-state index contributed by atoms with van der Waals surface area (Å²) in [5, 5.41) is 6.43. The van der Waals surface area contributed by atoms with Crippen molar-refractivity contribution in [3.05, 3.63) is 34.7 Å². The lowest BCUT2D eigenvalue weighted by molar-refractivity contribution is -0.00778. The first kappa shape index (κ1) is 21.8. The van der Waals surface area contributed by atoms with Crippen LogP contribution in [0.1, 0.15) is 40.5 Å². The molecule has 2 aromatic rings. The van der Waals surface area contributed by atoms with Gasteiger partial charge in [0.2, 0.25) is 5.95 Å². The van der Waals surface area contributed by atoms with E-state index in [9.17, 15) is 4.39 Å². The van der Waals surface area contributed by atoms with Crippen LogP contribution in [0.3, 0.4) is 0 Å². The van der Waals surface area contributed by atoms with E-state index >= 15 is 0 Å². The van der Waals surface area contributed by atoms with Crippen molar-refractivity contribution in [2.75, 3.05) is 24.8 Å². The molecule has 0 atom stereocenters. The van der Waals surface area contributed by atoms with Crippen LogP contribution in [0.2, 0.25) is 0 Å². The molecule has 0 saturated carbocycles. The molecule has 2 N–H and O–H groups in total. The molecule has 1 aromatic carbocycles. The topological polar surface area (TPSA) is 62.3 Å². The predicted molar refractivity (Wildman–Crippen MR) is 119 cm³/mol. The van der Waals surface area contributed by atoms with E-state index in [1.165, 1.54) is 6.20 Å². The summed E-state index contributed by atoms with van der Waals surface area (Å²) in [6.45, 7) is 8.86. The van der Waals surface area contributed by atoms with Gasteiger partial charge >= 0.3 is 0 Å². The van der Waals surface area contributed by atoms with Crippen LogP contribution in [0.4, 0.5) is 21.8 Å². The molecule has 0 spiro atoms. The quantitative estimate of drug-likeness (QED) is 0.632. The second-order valence-electron chi connectivity index (χ2n) is 8.80. The molecule has 0 amide bonds.